The zero-order valence-corrected chi connectivity index (χ0v) is 18.3. The van der Waals surface area contributed by atoms with Gasteiger partial charge >= 0.3 is 0 Å². The van der Waals surface area contributed by atoms with Gasteiger partial charge in [0.25, 0.3) is 0 Å². The molecule has 0 atom stereocenters. The third-order valence-electron chi connectivity index (χ3n) is 6.01. The molecule has 1 amide bonds. The van der Waals surface area contributed by atoms with Crippen LogP contribution in [0.2, 0.25) is 0 Å². The lowest BCUT2D eigenvalue weighted by Crippen LogP contribution is -2.37. The number of morpholine rings is 1. The molecule has 0 spiro atoms. The van der Waals surface area contributed by atoms with E-state index in [1.54, 1.807) is 0 Å². The predicted octanol–water partition coefficient (Wildman–Crippen LogP) is 3.53. The van der Waals surface area contributed by atoms with Crippen LogP contribution in [0.5, 0.6) is 0 Å². The molecule has 1 N–H and O–H groups in total. The van der Waals surface area contributed by atoms with Gasteiger partial charge in [-0.15, -0.1) is 12.4 Å². The molecule has 0 saturated carbocycles. The van der Waals surface area contributed by atoms with E-state index in [2.05, 4.69) is 33.1 Å². The van der Waals surface area contributed by atoms with E-state index in [9.17, 15) is 4.79 Å². The van der Waals surface area contributed by atoms with E-state index in [-0.39, 0.29) is 18.3 Å². The van der Waals surface area contributed by atoms with Crippen LogP contribution in [-0.2, 0) is 14.9 Å². The van der Waals surface area contributed by atoms with E-state index < -0.39 is 5.41 Å². The van der Waals surface area contributed by atoms with Crippen molar-refractivity contribution in [3.63, 3.8) is 0 Å². The molecule has 30 heavy (non-hydrogen) atoms. The number of H-pyrrole nitrogens is 1. The second-order valence-corrected chi connectivity index (χ2v) is 8.12. The number of nitrogens with zero attached hydrogens (tertiary/aromatic N) is 4. The van der Waals surface area contributed by atoms with Gasteiger partial charge in [0.15, 0.2) is 0 Å². The van der Waals surface area contributed by atoms with Crippen LogP contribution in [0.4, 0.5) is 11.5 Å². The predicted molar refractivity (Wildman–Crippen MR) is 121 cm³/mol. The minimum Gasteiger partial charge on any atom is -0.378 e. The Morgan fingerprint density at radius 3 is 2.73 bits per heavy atom. The van der Waals surface area contributed by atoms with Crippen LogP contribution in [0.15, 0.2) is 30.5 Å². The van der Waals surface area contributed by atoms with Crippen LogP contribution < -0.4 is 9.80 Å². The number of anilines is 2. The van der Waals surface area contributed by atoms with E-state index in [1.807, 2.05) is 37.9 Å². The molecule has 8 heteroatoms. The first-order valence-electron chi connectivity index (χ1n) is 10.1. The molecule has 2 aliphatic rings. The number of benzene rings is 1. The lowest BCUT2D eigenvalue weighted by Gasteiger charge is -2.29. The molecule has 0 radical (unpaired) electrons. The Morgan fingerprint density at radius 1 is 1.23 bits per heavy atom. The number of amides is 1. The highest BCUT2D eigenvalue weighted by molar-refractivity contribution is 6.09. The molecule has 0 bridgehead atoms. The van der Waals surface area contributed by atoms with Crippen molar-refractivity contribution in [2.75, 3.05) is 42.6 Å². The summed E-state index contributed by atoms with van der Waals surface area (Å²) in [7, 11) is 0. The van der Waals surface area contributed by atoms with Gasteiger partial charge < -0.3 is 19.5 Å². The van der Waals surface area contributed by atoms with Crippen molar-refractivity contribution >= 4 is 40.9 Å². The molecular weight excluding hydrogens is 402 g/mol. The van der Waals surface area contributed by atoms with Crippen LogP contribution in [-0.4, -0.2) is 53.7 Å². The largest absolute Gasteiger partial charge is 0.378 e. The fraction of sp³-hybridized carbons (Fsp3) is 0.409. The topological polar surface area (TPSA) is 74.3 Å². The number of imidazole rings is 1. The number of carbonyl (C=O) groups is 1. The maximum absolute atomic E-state index is 12.8. The number of aromatic nitrogens is 3. The highest BCUT2D eigenvalue weighted by atomic mass is 35.5. The average molecular weight is 428 g/mol. The number of pyridine rings is 1. The minimum atomic E-state index is -0.536. The normalized spacial score (nSPS) is 17.9. The lowest BCUT2D eigenvalue weighted by atomic mass is 9.86. The molecular formula is C22H26ClN5O2. The summed E-state index contributed by atoms with van der Waals surface area (Å²) in [5.41, 5.74) is 4.26. The molecule has 2 aromatic heterocycles. The van der Waals surface area contributed by atoms with Gasteiger partial charge in [0.05, 0.1) is 40.9 Å². The Bertz CT molecular complexity index is 1100. The Morgan fingerprint density at radius 2 is 2.00 bits per heavy atom. The van der Waals surface area contributed by atoms with E-state index >= 15 is 0 Å². The van der Waals surface area contributed by atoms with Crippen molar-refractivity contribution in [3.8, 4) is 11.4 Å². The van der Waals surface area contributed by atoms with Gasteiger partial charge in [0, 0.05) is 25.8 Å². The van der Waals surface area contributed by atoms with Gasteiger partial charge in [-0.2, -0.15) is 0 Å². The molecule has 2 aliphatic heterocycles. The Labute approximate surface area is 181 Å². The van der Waals surface area contributed by atoms with Crippen molar-refractivity contribution in [2.24, 2.45) is 0 Å². The molecule has 3 aromatic rings. The molecule has 1 aromatic carbocycles. The number of nitrogens with one attached hydrogen (secondary N) is 1. The van der Waals surface area contributed by atoms with Crippen LogP contribution in [0, 0.1) is 0 Å². The third-order valence-corrected chi connectivity index (χ3v) is 6.01. The average Bonchev–Trinajstić information content (AvgIpc) is 3.24. The minimum absolute atomic E-state index is 0. The highest BCUT2D eigenvalue weighted by Crippen LogP contribution is 2.43. The SMILES string of the molecule is CCN1C(=O)C(C)(C)c2cc3nc(-c4cccnc4N4CCOCC4)[nH]c3cc21.Cl. The van der Waals surface area contributed by atoms with Crippen LogP contribution in [0.25, 0.3) is 22.4 Å². The molecule has 1 fully saturated rings. The van der Waals surface area contributed by atoms with Gasteiger partial charge in [-0.05, 0) is 50.6 Å². The summed E-state index contributed by atoms with van der Waals surface area (Å²) < 4.78 is 5.48. The maximum atomic E-state index is 12.8. The number of halogens is 1. The summed E-state index contributed by atoms with van der Waals surface area (Å²) in [6.07, 6.45) is 1.82. The monoisotopic (exact) mass is 427 g/mol. The smallest absolute Gasteiger partial charge is 0.237 e. The molecule has 4 heterocycles. The van der Waals surface area contributed by atoms with E-state index in [0.717, 1.165) is 52.6 Å². The first-order chi connectivity index (χ1) is 14.0. The van der Waals surface area contributed by atoms with E-state index in [1.165, 1.54) is 0 Å². The van der Waals surface area contributed by atoms with Crippen molar-refractivity contribution in [1.82, 2.24) is 15.0 Å². The fourth-order valence-corrected chi connectivity index (χ4v) is 4.38. The van der Waals surface area contributed by atoms with Gasteiger partial charge in [0.1, 0.15) is 11.6 Å². The number of hydrogen-bond donors (Lipinski definition) is 1. The number of hydrogen-bond acceptors (Lipinski definition) is 5. The first kappa shape index (κ1) is 20.6. The zero-order valence-electron chi connectivity index (χ0n) is 17.4. The van der Waals surface area contributed by atoms with Crippen molar-refractivity contribution < 1.29 is 9.53 Å². The summed E-state index contributed by atoms with van der Waals surface area (Å²) >= 11 is 0. The van der Waals surface area contributed by atoms with Gasteiger partial charge in [-0.3, -0.25) is 4.79 Å². The van der Waals surface area contributed by atoms with E-state index in [0.29, 0.717) is 19.8 Å². The first-order valence-corrected chi connectivity index (χ1v) is 10.1. The lowest BCUT2D eigenvalue weighted by molar-refractivity contribution is -0.122. The maximum Gasteiger partial charge on any atom is 0.237 e. The highest BCUT2D eigenvalue weighted by Gasteiger charge is 2.43. The third kappa shape index (κ3) is 3.04. The summed E-state index contributed by atoms with van der Waals surface area (Å²) in [6, 6.07) is 8.10. The quantitative estimate of drug-likeness (QED) is 0.692. The molecule has 0 unspecified atom stereocenters. The summed E-state index contributed by atoms with van der Waals surface area (Å²) in [4.78, 5) is 29.9. The number of carbonyl (C=O) groups excluding carboxylic acids is 1. The van der Waals surface area contributed by atoms with E-state index in [4.69, 9.17) is 9.72 Å². The Kier molecular flexibility index (Phi) is 5.20. The number of likely N-dealkylation sites (N-methyl/N-ethyl adjacent to an activating group) is 1. The Balaban J connectivity index is 0.00000218. The number of aromatic amines is 1. The van der Waals surface area contributed by atoms with Gasteiger partial charge in [-0.25, -0.2) is 9.97 Å². The van der Waals surface area contributed by atoms with Crippen molar-refractivity contribution in [3.05, 3.63) is 36.0 Å². The van der Waals surface area contributed by atoms with Crippen molar-refractivity contribution in [1.29, 1.82) is 0 Å². The van der Waals surface area contributed by atoms with Crippen LogP contribution in [0.3, 0.4) is 0 Å². The standard InChI is InChI=1S/C22H25N5O2.ClH/c1-4-27-18-13-17-16(12-15(18)22(2,3)21(27)28)24-19(25-17)14-6-5-7-23-20(14)26-8-10-29-11-9-26;/h5-7,12-13H,4,8-11H2,1-3H3,(H,24,25);1H. The van der Waals surface area contributed by atoms with Crippen molar-refractivity contribution in [2.45, 2.75) is 26.2 Å². The van der Waals surface area contributed by atoms with Gasteiger partial charge in [0.2, 0.25) is 5.91 Å². The fourth-order valence-electron chi connectivity index (χ4n) is 4.38. The van der Waals surface area contributed by atoms with Crippen LogP contribution >= 0.6 is 12.4 Å². The summed E-state index contributed by atoms with van der Waals surface area (Å²) in [5.74, 6) is 1.86. The molecule has 7 nitrogen and oxygen atoms in total. The molecule has 0 aliphatic carbocycles. The molecule has 158 valence electrons. The zero-order chi connectivity index (χ0) is 20.2. The summed E-state index contributed by atoms with van der Waals surface area (Å²) in [6.45, 7) is 9.70. The summed E-state index contributed by atoms with van der Waals surface area (Å²) in [5, 5.41) is 0. The second-order valence-electron chi connectivity index (χ2n) is 8.12. The second kappa shape index (κ2) is 7.56. The Hall–Kier alpha value is -2.64. The van der Waals surface area contributed by atoms with Crippen LogP contribution in [0.1, 0.15) is 26.3 Å². The number of fused-ring (bicyclic) bond motifs is 2. The number of rotatable bonds is 3. The molecule has 1 saturated heterocycles. The molecule has 5 rings (SSSR count). The number of ether oxygens (including phenoxy) is 1. The van der Waals surface area contributed by atoms with Gasteiger partial charge in [-0.1, -0.05) is 0 Å².